The normalized spacial score (nSPS) is 27.7. The largest absolute Gasteiger partial charge is 0.390 e. The molecule has 0 aliphatic heterocycles. The van der Waals surface area contributed by atoms with E-state index in [1.165, 1.54) is 0 Å². The van der Waals surface area contributed by atoms with Crippen molar-refractivity contribution in [2.45, 2.75) is 50.7 Å². The highest BCUT2D eigenvalue weighted by molar-refractivity contribution is 5.78. The molecule has 1 aromatic carbocycles. The number of pyridine rings is 1. The molecule has 1 unspecified atom stereocenters. The van der Waals surface area contributed by atoms with E-state index < -0.39 is 11.7 Å². The van der Waals surface area contributed by atoms with Gasteiger partial charge in [-0.25, -0.2) is 0 Å². The Labute approximate surface area is 125 Å². The summed E-state index contributed by atoms with van der Waals surface area (Å²) >= 11 is 0. The summed E-state index contributed by atoms with van der Waals surface area (Å²) in [5, 5.41) is 22.2. The van der Waals surface area contributed by atoms with Gasteiger partial charge in [0.05, 0.1) is 17.2 Å². The van der Waals surface area contributed by atoms with Gasteiger partial charge in [-0.15, -0.1) is 0 Å². The fraction of sp³-hybridized carbons (Fsp3) is 0.500. The lowest BCUT2D eigenvalue weighted by atomic mass is 9.75. The summed E-state index contributed by atoms with van der Waals surface area (Å²) < 4.78 is 0. The number of fused-ring (bicyclic) bond motifs is 1. The molecular weight excluding hydrogens is 262 g/mol. The minimum atomic E-state index is -0.945. The molecule has 0 amide bonds. The second-order valence-electron chi connectivity index (χ2n) is 6.50. The zero-order valence-electron chi connectivity index (χ0n) is 12.5. The molecule has 3 rings (SSSR count). The number of benzene rings is 1. The summed E-state index contributed by atoms with van der Waals surface area (Å²) in [6, 6.07) is 11.9. The molecule has 2 N–H and O–H groups in total. The number of aliphatic hydroxyl groups excluding tert-OH is 1. The predicted octanol–water partition coefficient (Wildman–Crippen LogP) is 3.08. The Balaban J connectivity index is 1.75. The highest BCUT2D eigenvalue weighted by Gasteiger charge is 2.38. The fourth-order valence-corrected chi connectivity index (χ4v) is 3.21. The summed E-state index contributed by atoms with van der Waals surface area (Å²) in [7, 11) is 0. The van der Waals surface area contributed by atoms with E-state index in [1.54, 1.807) is 0 Å². The first-order chi connectivity index (χ1) is 10.1. The van der Waals surface area contributed by atoms with Crippen LogP contribution in [0.25, 0.3) is 10.9 Å². The number of para-hydroxylation sites is 1. The predicted molar refractivity (Wildman–Crippen MR) is 84.0 cm³/mol. The monoisotopic (exact) mass is 285 g/mol. The van der Waals surface area contributed by atoms with Crippen LogP contribution in [0.1, 0.15) is 38.3 Å². The van der Waals surface area contributed by atoms with E-state index in [0.29, 0.717) is 25.2 Å². The summed E-state index contributed by atoms with van der Waals surface area (Å²) in [6.45, 7) is 2.21. The SMILES string of the molecule is CC1CCC(O)(C(O)Cc2ccc3ccccc3n2)CC1. The lowest BCUT2D eigenvalue weighted by molar-refractivity contribution is -0.102. The Morgan fingerprint density at radius 1 is 1.19 bits per heavy atom. The van der Waals surface area contributed by atoms with E-state index in [2.05, 4.69) is 11.9 Å². The molecule has 3 heteroatoms. The molecule has 2 aromatic rings. The van der Waals surface area contributed by atoms with Gasteiger partial charge < -0.3 is 10.2 Å². The topological polar surface area (TPSA) is 53.4 Å². The number of aromatic nitrogens is 1. The second kappa shape index (κ2) is 5.74. The minimum Gasteiger partial charge on any atom is -0.390 e. The van der Waals surface area contributed by atoms with Crippen LogP contribution >= 0.6 is 0 Å². The van der Waals surface area contributed by atoms with Gasteiger partial charge in [0.25, 0.3) is 0 Å². The molecule has 0 bridgehead atoms. The smallest absolute Gasteiger partial charge is 0.0909 e. The maximum Gasteiger partial charge on any atom is 0.0909 e. The summed E-state index contributed by atoms with van der Waals surface area (Å²) in [5.41, 5.74) is 0.833. The first kappa shape index (κ1) is 14.5. The minimum absolute atomic E-state index is 0.412. The Hall–Kier alpha value is -1.45. The van der Waals surface area contributed by atoms with E-state index in [0.717, 1.165) is 29.4 Å². The fourth-order valence-electron chi connectivity index (χ4n) is 3.21. The Morgan fingerprint density at radius 3 is 2.67 bits per heavy atom. The van der Waals surface area contributed by atoms with Gasteiger partial charge in [-0.1, -0.05) is 31.2 Å². The lowest BCUT2D eigenvalue weighted by Gasteiger charge is -2.38. The molecule has 0 saturated heterocycles. The van der Waals surface area contributed by atoms with Crippen molar-refractivity contribution in [2.75, 3.05) is 0 Å². The Bertz CT molecular complexity index is 617. The van der Waals surface area contributed by atoms with E-state index in [4.69, 9.17) is 0 Å². The number of hydrogen-bond acceptors (Lipinski definition) is 3. The Kier molecular flexibility index (Phi) is 3.96. The average molecular weight is 285 g/mol. The third kappa shape index (κ3) is 3.09. The van der Waals surface area contributed by atoms with Crippen LogP contribution in [-0.4, -0.2) is 26.9 Å². The van der Waals surface area contributed by atoms with Crippen LogP contribution in [-0.2, 0) is 6.42 Å². The summed E-state index contributed by atoms with van der Waals surface area (Å²) in [6.07, 6.45) is 3.01. The van der Waals surface area contributed by atoms with Gasteiger partial charge in [0.15, 0.2) is 0 Å². The van der Waals surface area contributed by atoms with Crippen molar-refractivity contribution in [3.63, 3.8) is 0 Å². The second-order valence-corrected chi connectivity index (χ2v) is 6.50. The van der Waals surface area contributed by atoms with Crippen molar-refractivity contribution < 1.29 is 10.2 Å². The van der Waals surface area contributed by atoms with Gasteiger partial charge in [0.2, 0.25) is 0 Å². The first-order valence-corrected chi connectivity index (χ1v) is 7.82. The van der Waals surface area contributed by atoms with Crippen LogP contribution in [0.3, 0.4) is 0 Å². The van der Waals surface area contributed by atoms with Crippen molar-refractivity contribution >= 4 is 10.9 Å². The van der Waals surface area contributed by atoms with Gasteiger partial charge >= 0.3 is 0 Å². The van der Waals surface area contributed by atoms with Crippen LogP contribution in [0, 0.1) is 5.92 Å². The standard InChI is InChI=1S/C18H23NO2/c1-13-8-10-18(21,11-9-13)17(20)12-15-7-6-14-4-2-3-5-16(14)19-15/h2-7,13,17,20-21H,8-12H2,1H3. The highest BCUT2D eigenvalue weighted by atomic mass is 16.3. The van der Waals surface area contributed by atoms with E-state index in [1.807, 2.05) is 36.4 Å². The lowest BCUT2D eigenvalue weighted by Crippen LogP contribution is -2.46. The molecule has 1 fully saturated rings. The third-order valence-electron chi connectivity index (χ3n) is 4.82. The maximum atomic E-state index is 10.7. The number of hydrogen-bond donors (Lipinski definition) is 2. The quantitative estimate of drug-likeness (QED) is 0.911. The highest BCUT2D eigenvalue weighted by Crippen LogP contribution is 2.35. The van der Waals surface area contributed by atoms with Crippen LogP contribution in [0.5, 0.6) is 0 Å². The van der Waals surface area contributed by atoms with Crippen LogP contribution in [0.15, 0.2) is 36.4 Å². The Morgan fingerprint density at radius 2 is 1.90 bits per heavy atom. The molecule has 1 aromatic heterocycles. The van der Waals surface area contributed by atoms with Crippen molar-refractivity contribution in [1.29, 1.82) is 0 Å². The molecule has 3 nitrogen and oxygen atoms in total. The van der Waals surface area contributed by atoms with Gasteiger partial charge in [0, 0.05) is 17.5 Å². The molecule has 21 heavy (non-hydrogen) atoms. The molecule has 1 aliphatic carbocycles. The summed E-state index contributed by atoms with van der Waals surface area (Å²) in [5.74, 6) is 0.649. The van der Waals surface area contributed by atoms with Crippen LogP contribution < -0.4 is 0 Å². The van der Waals surface area contributed by atoms with Gasteiger partial charge in [-0.05, 0) is 43.7 Å². The number of rotatable bonds is 3. The van der Waals surface area contributed by atoms with Crippen LogP contribution in [0.4, 0.5) is 0 Å². The van der Waals surface area contributed by atoms with Crippen LogP contribution in [0.2, 0.25) is 0 Å². The van der Waals surface area contributed by atoms with Crippen molar-refractivity contribution in [2.24, 2.45) is 5.92 Å². The first-order valence-electron chi connectivity index (χ1n) is 7.82. The molecule has 112 valence electrons. The van der Waals surface area contributed by atoms with Crippen molar-refractivity contribution in [3.8, 4) is 0 Å². The van der Waals surface area contributed by atoms with Crippen molar-refractivity contribution in [3.05, 3.63) is 42.1 Å². The van der Waals surface area contributed by atoms with E-state index in [-0.39, 0.29) is 0 Å². The van der Waals surface area contributed by atoms with Crippen molar-refractivity contribution in [1.82, 2.24) is 4.98 Å². The molecule has 1 atom stereocenters. The molecule has 1 aliphatic rings. The molecule has 0 radical (unpaired) electrons. The third-order valence-corrected chi connectivity index (χ3v) is 4.82. The van der Waals surface area contributed by atoms with E-state index in [9.17, 15) is 10.2 Å². The van der Waals surface area contributed by atoms with Gasteiger partial charge in [0.1, 0.15) is 0 Å². The molecular formula is C18H23NO2. The number of aliphatic hydroxyl groups is 2. The van der Waals surface area contributed by atoms with E-state index >= 15 is 0 Å². The zero-order chi connectivity index (χ0) is 14.9. The average Bonchev–Trinajstić information content (AvgIpc) is 2.50. The van der Waals surface area contributed by atoms with Gasteiger partial charge in [-0.2, -0.15) is 0 Å². The molecule has 0 spiro atoms. The number of nitrogens with zero attached hydrogens (tertiary/aromatic N) is 1. The zero-order valence-corrected chi connectivity index (χ0v) is 12.5. The summed E-state index contributed by atoms with van der Waals surface area (Å²) in [4.78, 5) is 4.58. The maximum absolute atomic E-state index is 10.7. The molecule has 1 saturated carbocycles. The molecule has 1 heterocycles. The van der Waals surface area contributed by atoms with Gasteiger partial charge in [-0.3, -0.25) is 4.98 Å².